The highest BCUT2D eigenvalue weighted by Crippen LogP contribution is 2.17. The zero-order chi connectivity index (χ0) is 13.0. The fourth-order valence-corrected chi connectivity index (χ4v) is 1.94. The lowest BCUT2D eigenvalue weighted by atomic mass is 10.0. The monoisotopic (exact) mass is 245 g/mol. The smallest absolute Gasteiger partial charge is 0.108 e. The van der Waals surface area contributed by atoms with Crippen LogP contribution in [0.25, 0.3) is 0 Å². The lowest BCUT2D eigenvalue weighted by Crippen LogP contribution is -2.28. The van der Waals surface area contributed by atoms with Gasteiger partial charge in [0.2, 0.25) is 0 Å². The molecule has 3 N–H and O–H groups in total. The van der Waals surface area contributed by atoms with Crippen LogP contribution >= 0.6 is 0 Å². The Morgan fingerprint density at radius 1 is 1.39 bits per heavy atom. The third-order valence-corrected chi connectivity index (χ3v) is 3.12. The van der Waals surface area contributed by atoms with Crippen molar-refractivity contribution in [1.82, 2.24) is 20.0 Å². The summed E-state index contributed by atoms with van der Waals surface area (Å²) in [7, 11) is 2.00. The van der Waals surface area contributed by atoms with Crippen molar-refractivity contribution in [3.8, 4) is 0 Å². The Bertz CT molecular complexity index is 488. The van der Waals surface area contributed by atoms with Crippen molar-refractivity contribution in [2.24, 2.45) is 12.9 Å². The molecule has 0 aliphatic rings. The number of hydrogen-bond acceptors (Lipinski definition) is 4. The van der Waals surface area contributed by atoms with Gasteiger partial charge >= 0.3 is 0 Å². The molecule has 2 aromatic rings. The van der Waals surface area contributed by atoms with Crippen LogP contribution in [0, 0.1) is 6.92 Å². The second kappa shape index (κ2) is 5.75. The molecule has 2 aromatic heterocycles. The topological polar surface area (TPSA) is 68.8 Å². The van der Waals surface area contributed by atoms with E-state index >= 15 is 0 Å². The molecule has 0 saturated heterocycles. The van der Waals surface area contributed by atoms with Crippen molar-refractivity contribution in [2.45, 2.75) is 25.8 Å². The highest BCUT2D eigenvalue weighted by atomic mass is 15.2. The molecule has 0 bridgehead atoms. The Hall–Kier alpha value is -1.72. The number of hydrogen-bond donors (Lipinski definition) is 2. The van der Waals surface area contributed by atoms with Gasteiger partial charge in [0.1, 0.15) is 5.82 Å². The number of nitrogens with zero attached hydrogens (tertiary/aromatic N) is 3. The van der Waals surface area contributed by atoms with Crippen molar-refractivity contribution in [2.75, 3.05) is 0 Å². The van der Waals surface area contributed by atoms with Crippen LogP contribution in [0.4, 0.5) is 0 Å². The first-order valence-electron chi connectivity index (χ1n) is 6.05. The number of aromatic nitrogens is 3. The summed E-state index contributed by atoms with van der Waals surface area (Å²) in [5.41, 5.74) is 4.96. The van der Waals surface area contributed by atoms with E-state index in [0.717, 1.165) is 29.9 Å². The maximum atomic E-state index is 5.62. The molecule has 5 heteroatoms. The van der Waals surface area contributed by atoms with Crippen molar-refractivity contribution in [3.05, 3.63) is 47.8 Å². The van der Waals surface area contributed by atoms with Crippen molar-refractivity contribution in [1.29, 1.82) is 0 Å². The molecule has 0 aliphatic carbocycles. The summed E-state index contributed by atoms with van der Waals surface area (Å²) in [6.07, 6.45) is 7.41. The SMILES string of the molecule is Cc1ccc(C(CCc2nccn2C)NN)cn1. The number of aryl methyl sites for hydroxylation is 3. The van der Waals surface area contributed by atoms with Crippen molar-refractivity contribution >= 4 is 0 Å². The number of rotatable bonds is 5. The summed E-state index contributed by atoms with van der Waals surface area (Å²) in [4.78, 5) is 8.60. The van der Waals surface area contributed by atoms with Crippen LogP contribution in [0.2, 0.25) is 0 Å². The standard InChI is InChI=1S/C13H19N5/c1-10-3-4-11(9-16-10)12(17-14)5-6-13-15-7-8-18(13)2/h3-4,7-9,12,17H,5-6,14H2,1-2H3. The summed E-state index contributed by atoms with van der Waals surface area (Å²) < 4.78 is 2.03. The summed E-state index contributed by atoms with van der Waals surface area (Å²) in [5.74, 6) is 6.68. The summed E-state index contributed by atoms with van der Waals surface area (Å²) in [5, 5.41) is 0. The molecule has 0 saturated carbocycles. The number of pyridine rings is 1. The predicted octanol–water partition coefficient (Wildman–Crippen LogP) is 1.26. The predicted molar refractivity (Wildman–Crippen MR) is 70.6 cm³/mol. The molecule has 0 spiro atoms. The van der Waals surface area contributed by atoms with Crippen LogP contribution in [0.5, 0.6) is 0 Å². The quantitative estimate of drug-likeness (QED) is 0.614. The van der Waals surface area contributed by atoms with E-state index < -0.39 is 0 Å². The molecule has 96 valence electrons. The molecule has 2 rings (SSSR count). The fourth-order valence-electron chi connectivity index (χ4n) is 1.94. The average molecular weight is 245 g/mol. The molecule has 0 aromatic carbocycles. The van der Waals surface area contributed by atoms with Crippen LogP contribution in [0.1, 0.15) is 29.5 Å². The number of hydrazine groups is 1. The molecule has 0 amide bonds. The third kappa shape index (κ3) is 2.94. The van der Waals surface area contributed by atoms with Crippen LogP contribution in [-0.2, 0) is 13.5 Å². The average Bonchev–Trinajstić information content (AvgIpc) is 2.78. The van der Waals surface area contributed by atoms with Gasteiger partial charge in [0.15, 0.2) is 0 Å². The van der Waals surface area contributed by atoms with Gasteiger partial charge in [-0.25, -0.2) is 4.98 Å². The van der Waals surface area contributed by atoms with Gasteiger partial charge in [0.25, 0.3) is 0 Å². The van der Waals surface area contributed by atoms with Crippen molar-refractivity contribution < 1.29 is 0 Å². The minimum absolute atomic E-state index is 0.106. The molecule has 1 unspecified atom stereocenters. The number of nitrogens with one attached hydrogen (secondary N) is 1. The van der Waals surface area contributed by atoms with E-state index in [4.69, 9.17) is 5.84 Å². The van der Waals surface area contributed by atoms with E-state index in [2.05, 4.69) is 21.5 Å². The zero-order valence-electron chi connectivity index (χ0n) is 10.8. The molecule has 0 fully saturated rings. The minimum Gasteiger partial charge on any atom is -0.338 e. The summed E-state index contributed by atoms with van der Waals surface area (Å²) in [6, 6.07) is 4.17. The van der Waals surface area contributed by atoms with Gasteiger partial charge in [0, 0.05) is 43.8 Å². The number of imidazole rings is 1. The molecular weight excluding hydrogens is 226 g/mol. The van der Waals surface area contributed by atoms with E-state index in [0.29, 0.717) is 0 Å². The molecule has 18 heavy (non-hydrogen) atoms. The van der Waals surface area contributed by atoms with Gasteiger partial charge in [-0.2, -0.15) is 0 Å². The first kappa shape index (κ1) is 12.7. The van der Waals surface area contributed by atoms with Gasteiger partial charge in [-0.1, -0.05) is 6.07 Å². The first-order valence-corrected chi connectivity index (χ1v) is 6.05. The first-order chi connectivity index (χ1) is 8.70. The van der Waals surface area contributed by atoms with E-state index in [9.17, 15) is 0 Å². The molecule has 0 aliphatic heterocycles. The maximum Gasteiger partial charge on any atom is 0.108 e. The maximum absolute atomic E-state index is 5.62. The number of nitrogens with two attached hydrogens (primary N) is 1. The Morgan fingerprint density at radius 2 is 2.22 bits per heavy atom. The Balaban J connectivity index is 2.01. The highest BCUT2D eigenvalue weighted by Gasteiger charge is 2.11. The van der Waals surface area contributed by atoms with Gasteiger partial charge in [-0.3, -0.25) is 16.3 Å². The molecule has 5 nitrogen and oxygen atoms in total. The molecule has 0 radical (unpaired) electrons. The highest BCUT2D eigenvalue weighted by molar-refractivity contribution is 5.17. The van der Waals surface area contributed by atoms with E-state index in [-0.39, 0.29) is 6.04 Å². The second-order valence-electron chi connectivity index (χ2n) is 4.45. The fraction of sp³-hybridized carbons (Fsp3) is 0.385. The van der Waals surface area contributed by atoms with Gasteiger partial charge in [-0.15, -0.1) is 0 Å². The van der Waals surface area contributed by atoms with Crippen LogP contribution in [0.3, 0.4) is 0 Å². The van der Waals surface area contributed by atoms with E-state index in [1.807, 2.05) is 43.2 Å². The van der Waals surface area contributed by atoms with Crippen LogP contribution in [-0.4, -0.2) is 14.5 Å². The molecule has 2 heterocycles. The molecular formula is C13H19N5. The Morgan fingerprint density at radius 3 is 2.78 bits per heavy atom. The van der Waals surface area contributed by atoms with Gasteiger partial charge in [-0.05, 0) is 25.0 Å². The van der Waals surface area contributed by atoms with Gasteiger partial charge in [0.05, 0.1) is 0 Å². The normalized spacial score (nSPS) is 12.6. The van der Waals surface area contributed by atoms with E-state index in [1.165, 1.54) is 0 Å². The van der Waals surface area contributed by atoms with Crippen LogP contribution in [0.15, 0.2) is 30.7 Å². The summed E-state index contributed by atoms with van der Waals surface area (Å²) in [6.45, 7) is 1.97. The van der Waals surface area contributed by atoms with Crippen LogP contribution < -0.4 is 11.3 Å². The largest absolute Gasteiger partial charge is 0.338 e. The zero-order valence-corrected chi connectivity index (χ0v) is 10.8. The Kier molecular flexibility index (Phi) is 4.07. The molecule has 1 atom stereocenters. The summed E-state index contributed by atoms with van der Waals surface area (Å²) >= 11 is 0. The second-order valence-corrected chi connectivity index (χ2v) is 4.45. The van der Waals surface area contributed by atoms with Crippen molar-refractivity contribution in [3.63, 3.8) is 0 Å². The van der Waals surface area contributed by atoms with Gasteiger partial charge < -0.3 is 4.57 Å². The third-order valence-electron chi connectivity index (χ3n) is 3.12. The van der Waals surface area contributed by atoms with E-state index in [1.54, 1.807) is 0 Å². The lowest BCUT2D eigenvalue weighted by Gasteiger charge is -2.15. The lowest BCUT2D eigenvalue weighted by molar-refractivity contribution is 0.505. The minimum atomic E-state index is 0.106. The Labute approximate surface area is 107 Å².